The van der Waals surface area contributed by atoms with Gasteiger partial charge in [-0.05, 0) is 59.5 Å². The fourth-order valence-electron chi connectivity index (χ4n) is 3.74. The number of anilines is 1. The molecule has 0 aliphatic carbocycles. The van der Waals surface area contributed by atoms with Gasteiger partial charge in [0.15, 0.2) is 0 Å². The Labute approximate surface area is 190 Å². The Morgan fingerprint density at radius 3 is 2.47 bits per heavy atom. The van der Waals surface area contributed by atoms with Gasteiger partial charge in [-0.2, -0.15) is 0 Å². The maximum absolute atomic E-state index is 4.58. The van der Waals surface area contributed by atoms with Crippen molar-refractivity contribution in [1.82, 2.24) is 4.98 Å². The third-order valence-corrected chi connectivity index (χ3v) is 5.34. The minimum atomic E-state index is 0.755. The highest BCUT2D eigenvalue weighted by Gasteiger charge is 2.04. The summed E-state index contributed by atoms with van der Waals surface area (Å²) in [5, 5.41) is 6.00. The van der Waals surface area contributed by atoms with E-state index in [0.717, 1.165) is 29.1 Å². The molecular weight excluding hydrogens is 388 g/mol. The summed E-state index contributed by atoms with van der Waals surface area (Å²) in [6.07, 6.45) is 8.15. The second-order valence-corrected chi connectivity index (χ2v) is 7.99. The van der Waals surface area contributed by atoms with E-state index < -0.39 is 0 Å². The molecule has 0 unspecified atom stereocenters. The molecule has 3 aromatic carbocycles. The lowest BCUT2D eigenvalue weighted by Gasteiger charge is -2.10. The molecule has 0 spiro atoms. The predicted molar refractivity (Wildman–Crippen MR) is 139 cm³/mol. The van der Waals surface area contributed by atoms with Crippen LogP contribution in [0.15, 0.2) is 115 Å². The van der Waals surface area contributed by atoms with Crippen LogP contribution in [0.5, 0.6) is 0 Å². The van der Waals surface area contributed by atoms with Gasteiger partial charge in [-0.15, -0.1) is 0 Å². The average Bonchev–Trinajstić information content (AvgIpc) is 2.82. The molecule has 1 aromatic heterocycles. The third kappa shape index (κ3) is 5.22. The summed E-state index contributed by atoms with van der Waals surface area (Å²) < 4.78 is 0. The number of aromatic nitrogens is 1. The minimum absolute atomic E-state index is 0.755. The second-order valence-electron chi connectivity index (χ2n) is 7.99. The van der Waals surface area contributed by atoms with E-state index >= 15 is 0 Å². The summed E-state index contributed by atoms with van der Waals surface area (Å²) >= 11 is 0. The topological polar surface area (TPSA) is 24.9 Å². The van der Waals surface area contributed by atoms with Crippen LogP contribution >= 0.6 is 0 Å². The third-order valence-electron chi connectivity index (χ3n) is 5.34. The molecule has 2 nitrogen and oxygen atoms in total. The summed E-state index contributed by atoms with van der Waals surface area (Å²) in [4.78, 5) is 4.58. The smallest absolute Gasteiger partial charge is 0.0722 e. The molecule has 1 heterocycles. The van der Waals surface area contributed by atoms with E-state index in [1.807, 2.05) is 26.1 Å². The number of nitrogens with zero attached hydrogens (tertiary/aromatic N) is 1. The van der Waals surface area contributed by atoms with Crippen molar-refractivity contribution in [3.05, 3.63) is 127 Å². The van der Waals surface area contributed by atoms with Crippen molar-refractivity contribution in [1.29, 1.82) is 0 Å². The molecule has 0 atom stereocenters. The Kier molecular flexibility index (Phi) is 6.62. The first-order valence-corrected chi connectivity index (χ1v) is 10.9. The standard InChI is InChI=1S/C30H28N2/c1-4-7-26(18-22(2)3)25-12-10-23(11-13-25)21-32-29-16-17-31-30(20-29)28-15-14-24-8-5-6-9-27(24)19-28/h4-20H,2,21H2,1,3H3,(H,31,32)/b7-4-,26-18+. The van der Waals surface area contributed by atoms with Gasteiger partial charge in [0.2, 0.25) is 0 Å². The second kappa shape index (κ2) is 9.93. The highest BCUT2D eigenvalue weighted by Crippen LogP contribution is 2.25. The van der Waals surface area contributed by atoms with Gasteiger partial charge >= 0.3 is 0 Å². The van der Waals surface area contributed by atoms with Crippen LogP contribution < -0.4 is 5.32 Å². The molecule has 1 N–H and O–H groups in total. The maximum atomic E-state index is 4.58. The number of allylic oxidation sites excluding steroid dienone is 5. The molecule has 2 heteroatoms. The van der Waals surface area contributed by atoms with Gasteiger partial charge in [-0.25, -0.2) is 0 Å². The van der Waals surface area contributed by atoms with E-state index in [-0.39, 0.29) is 0 Å². The summed E-state index contributed by atoms with van der Waals surface area (Å²) in [6.45, 7) is 8.81. The zero-order valence-corrected chi connectivity index (χ0v) is 18.7. The van der Waals surface area contributed by atoms with Gasteiger partial charge in [0.1, 0.15) is 0 Å². The van der Waals surface area contributed by atoms with Gasteiger partial charge in [0, 0.05) is 24.0 Å². The van der Waals surface area contributed by atoms with Crippen molar-refractivity contribution in [2.45, 2.75) is 20.4 Å². The van der Waals surface area contributed by atoms with E-state index in [2.05, 4.69) is 108 Å². The monoisotopic (exact) mass is 416 g/mol. The van der Waals surface area contributed by atoms with Crippen LogP contribution in [0.2, 0.25) is 0 Å². The van der Waals surface area contributed by atoms with Crippen LogP contribution in [0.3, 0.4) is 0 Å². The molecule has 0 amide bonds. The number of fused-ring (bicyclic) bond motifs is 1. The molecular formula is C30H28N2. The van der Waals surface area contributed by atoms with Gasteiger partial charge in [0.05, 0.1) is 5.69 Å². The van der Waals surface area contributed by atoms with Gasteiger partial charge < -0.3 is 5.32 Å². The van der Waals surface area contributed by atoms with Crippen molar-refractivity contribution in [2.24, 2.45) is 0 Å². The molecule has 4 rings (SSSR count). The molecule has 0 fully saturated rings. The largest absolute Gasteiger partial charge is 0.381 e. The van der Waals surface area contributed by atoms with Crippen LogP contribution in [0.4, 0.5) is 5.69 Å². The number of benzene rings is 3. The first-order valence-electron chi connectivity index (χ1n) is 10.9. The predicted octanol–water partition coefficient (Wildman–Crippen LogP) is 8.05. The van der Waals surface area contributed by atoms with E-state index in [9.17, 15) is 0 Å². The van der Waals surface area contributed by atoms with Crippen molar-refractivity contribution in [3.63, 3.8) is 0 Å². The molecule has 32 heavy (non-hydrogen) atoms. The highest BCUT2D eigenvalue weighted by atomic mass is 14.9. The Hall–Kier alpha value is -3.91. The molecule has 0 bridgehead atoms. The normalized spacial score (nSPS) is 11.8. The fourth-order valence-corrected chi connectivity index (χ4v) is 3.74. The Morgan fingerprint density at radius 2 is 1.72 bits per heavy atom. The van der Waals surface area contributed by atoms with E-state index in [1.54, 1.807) is 0 Å². The zero-order chi connectivity index (χ0) is 22.3. The molecule has 0 radical (unpaired) electrons. The van der Waals surface area contributed by atoms with Crippen molar-refractivity contribution in [3.8, 4) is 11.3 Å². The summed E-state index contributed by atoms with van der Waals surface area (Å²) in [5.74, 6) is 0. The van der Waals surface area contributed by atoms with Crippen molar-refractivity contribution in [2.75, 3.05) is 5.32 Å². The first-order chi connectivity index (χ1) is 15.6. The highest BCUT2D eigenvalue weighted by molar-refractivity contribution is 5.87. The number of hydrogen-bond donors (Lipinski definition) is 1. The van der Waals surface area contributed by atoms with E-state index in [0.29, 0.717) is 0 Å². The zero-order valence-electron chi connectivity index (χ0n) is 18.7. The molecule has 0 saturated heterocycles. The number of hydrogen-bond acceptors (Lipinski definition) is 2. The molecule has 0 aliphatic heterocycles. The number of rotatable bonds is 7. The minimum Gasteiger partial charge on any atom is -0.381 e. The molecule has 158 valence electrons. The van der Waals surface area contributed by atoms with Crippen LogP contribution in [0.1, 0.15) is 25.0 Å². The molecule has 4 aromatic rings. The quantitative estimate of drug-likeness (QED) is 0.308. The first kappa shape index (κ1) is 21.3. The van der Waals surface area contributed by atoms with Crippen LogP contribution in [0.25, 0.3) is 27.6 Å². The number of nitrogens with one attached hydrogen (secondary N) is 1. The average molecular weight is 417 g/mol. The van der Waals surface area contributed by atoms with Gasteiger partial charge in [-0.3, -0.25) is 4.98 Å². The SMILES string of the molecule is C=C(C)/C=C(\C=C/C)c1ccc(CNc2ccnc(-c3ccc4ccccc4c3)c2)cc1. The lowest BCUT2D eigenvalue weighted by atomic mass is 10.0. The summed E-state index contributed by atoms with van der Waals surface area (Å²) in [6, 6.07) is 27.7. The lowest BCUT2D eigenvalue weighted by molar-refractivity contribution is 1.14. The Morgan fingerprint density at radius 1 is 0.938 bits per heavy atom. The van der Waals surface area contributed by atoms with Crippen LogP contribution in [-0.2, 0) is 6.54 Å². The number of pyridine rings is 1. The Balaban J connectivity index is 1.48. The Bertz CT molecular complexity index is 1290. The van der Waals surface area contributed by atoms with Crippen LogP contribution in [0, 0.1) is 0 Å². The molecule has 0 saturated carbocycles. The van der Waals surface area contributed by atoms with Gasteiger partial charge in [-0.1, -0.05) is 91.0 Å². The fraction of sp³-hybridized carbons (Fsp3) is 0.100. The van der Waals surface area contributed by atoms with E-state index in [1.165, 1.54) is 27.5 Å². The van der Waals surface area contributed by atoms with Gasteiger partial charge in [0.25, 0.3) is 0 Å². The van der Waals surface area contributed by atoms with E-state index in [4.69, 9.17) is 0 Å². The van der Waals surface area contributed by atoms with Crippen molar-refractivity contribution < 1.29 is 0 Å². The van der Waals surface area contributed by atoms with Crippen molar-refractivity contribution >= 4 is 22.0 Å². The lowest BCUT2D eigenvalue weighted by Crippen LogP contribution is -2.00. The molecule has 0 aliphatic rings. The van der Waals surface area contributed by atoms with Crippen LogP contribution in [-0.4, -0.2) is 4.98 Å². The maximum Gasteiger partial charge on any atom is 0.0722 e. The summed E-state index contributed by atoms with van der Waals surface area (Å²) in [7, 11) is 0. The summed E-state index contributed by atoms with van der Waals surface area (Å²) in [5.41, 5.74) is 7.79.